The summed E-state index contributed by atoms with van der Waals surface area (Å²) in [5.74, 6) is 1.20. The Morgan fingerprint density at radius 1 is 0.896 bits per heavy atom. The number of H-pyrrole nitrogens is 1. The first-order valence-electron chi connectivity index (χ1n) is 18.2. The third-order valence-electron chi connectivity index (χ3n) is 11.7. The number of para-hydroxylation sites is 1. The summed E-state index contributed by atoms with van der Waals surface area (Å²) in [6.07, 6.45) is 9.51. The maximum Gasteiger partial charge on any atom is 0.322 e. The van der Waals surface area contributed by atoms with E-state index >= 15 is 0 Å². The third-order valence-corrected chi connectivity index (χ3v) is 11.7. The van der Waals surface area contributed by atoms with Crippen LogP contribution in [0.5, 0.6) is 0 Å². The fourth-order valence-corrected chi connectivity index (χ4v) is 8.82. The van der Waals surface area contributed by atoms with Gasteiger partial charge in [-0.05, 0) is 119 Å². The second-order valence-electron chi connectivity index (χ2n) is 14.8. The first-order chi connectivity index (χ1) is 23.3. The Hall–Kier alpha value is -3.92. The Labute approximate surface area is 284 Å². The van der Waals surface area contributed by atoms with E-state index < -0.39 is 5.92 Å². The number of rotatable bonds is 7. The number of aromatic amines is 1. The molecule has 10 nitrogen and oxygen atoms in total. The van der Waals surface area contributed by atoms with E-state index in [1.54, 1.807) is 0 Å². The molecule has 0 aliphatic carbocycles. The number of aromatic nitrogens is 2. The number of fused-ring (bicyclic) bond motifs is 2. The molecule has 4 amide bonds. The van der Waals surface area contributed by atoms with Crippen molar-refractivity contribution < 1.29 is 14.4 Å². The summed E-state index contributed by atoms with van der Waals surface area (Å²) >= 11 is 0. The van der Waals surface area contributed by atoms with E-state index in [1.165, 1.54) is 25.9 Å². The molecule has 0 saturated carbocycles. The standard InChI is InChI=1S/C38H51N7O3/c1-26-21-27(23-32-25-39-41-36(26)32)22-31(37(47)44-16-9-29(10-17-44)28-7-14-42(2)15-8-28)24-35(46)43-18-12-33(13-19-43)45-20-11-30-5-3-4-6-34(30)40-38(45)48/h3-6,21,23,25,28-29,31,33H,7-20,22,24H2,1-2H3,(H,39,41)(H,40,48). The summed E-state index contributed by atoms with van der Waals surface area (Å²) in [5, 5.41) is 11.4. The van der Waals surface area contributed by atoms with Gasteiger partial charge in [-0.3, -0.25) is 14.7 Å². The molecule has 3 aromatic rings. The van der Waals surface area contributed by atoms with Crippen molar-refractivity contribution >= 4 is 34.4 Å². The maximum atomic E-state index is 14.2. The van der Waals surface area contributed by atoms with Crippen LogP contribution in [0, 0.1) is 24.7 Å². The number of carbonyl (C=O) groups excluding carboxylic acids is 3. The Morgan fingerprint density at radius 2 is 1.58 bits per heavy atom. The highest BCUT2D eigenvalue weighted by Gasteiger charge is 2.36. The van der Waals surface area contributed by atoms with E-state index in [4.69, 9.17) is 0 Å². The topological polar surface area (TPSA) is 105 Å². The molecule has 3 fully saturated rings. The van der Waals surface area contributed by atoms with E-state index in [0.717, 1.165) is 84.4 Å². The molecule has 1 unspecified atom stereocenters. The van der Waals surface area contributed by atoms with E-state index in [1.807, 2.05) is 34.2 Å². The van der Waals surface area contributed by atoms with E-state index in [-0.39, 0.29) is 30.3 Å². The normalized spacial score (nSPS) is 21.2. The van der Waals surface area contributed by atoms with Gasteiger partial charge in [0.25, 0.3) is 0 Å². The van der Waals surface area contributed by atoms with Gasteiger partial charge in [0.1, 0.15) is 0 Å². The van der Waals surface area contributed by atoms with Crippen LogP contribution in [0.25, 0.3) is 10.9 Å². The van der Waals surface area contributed by atoms with Gasteiger partial charge in [0.15, 0.2) is 0 Å². The van der Waals surface area contributed by atoms with Crippen LogP contribution >= 0.6 is 0 Å². The fourth-order valence-electron chi connectivity index (χ4n) is 8.82. The molecular weight excluding hydrogens is 602 g/mol. The molecule has 2 aromatic carbocycles. The second-order valence-corrected chi connectivity index (χ2v) is 14.8. The number of likely N-dealkylation sites (tertiary alicyclic amines) is 3. The van der Waals surface area contributed by atoms with E-state index in [9.17, 15) is 14.4 Å². The fraction of sp³-hybridized carbons (Fsp3) is 0.579. The van der Waals surface area contributed by atoms with Crippen LogP contribution in [-0.4, -0.2) is 107 Å². The van der Waals surface area contributed by atoms with Crippen molar-refractivity contribution in [1.82, 2.24) is 29.8 Å². The third kappa shape index (κ3) is 7.09. The SMILES string of the molecule is Cc1cc(CC(CC(=O)N2CCC(N3CCc4ccccc4NC3=O)CC2)C(=O)N2CCC(C3CCN(C)CC3)CC2)cc2cn[nH]c12. The van der Waals surface area contributed by atoms with Gasteiger partial charge in [-0.25, -0.2) is 4.79 Å². The van der Waals surface area contributed by atoms with Gasteiger partial charge in [-0.1, -0.05) is 24.3 Å². The minimum absolute atomic E-state index is 0.0434. The number of anilines is 1. The van der Waals surface area contributed by atoms with Crippen LogP contribution in [0.15, 0.2) is 42.6 Å². The molecule has 3 saturated heterocycles. The average molecular weight is 654 g/mol. The van der Waals surface area contributed by atoms with Gasteiger partial charge >= 0.3 is 6.03 Å². The molecule has 5 heterocycles. The van der Waals surface area contributed by atoms with Crippen LogP contribution < -0.4 is 5.32 Å². The molecule has 4 aliphatic heterocycles. The number of aryl methyl sites for hydroxylation is 1. The number of amides is 4. The van der Waals surface area contributed by atoms with Crippen molar-refractivity contribution in [3.63, 3.8) is 0 Å². The molecule has 256 valence electrons. The smallest absolute Gasteiger partial charge is 0.322 e. The molecule has 0 radical (unpaired) electrons. The summed E-state index contributed by atoms with van der Waals surface area (Å²) < 4.78 is 0. The highest BCUT2D eigenvalue weighted by atomic mass is 16.2. The molecule has 0 spiro atoms. The lowest BCUT2D eigenvalue weighted by atomic mass is 9.78. The Kier molecular flexibility index (Phi) is 9.71. The van der Waals surface area contributed by atoms with Crippen LogP contribution in [0.4, 0.5) is 10.5 Å². The monoisotopic (exact) mass is 653 g/mol. The number of benzene rings is 2. The van der Waals surface area contributed by atoms with Crippen molar-refractivity contribution in [2.24, 2.45) is 17.8 Å². The molecule has 7 rings (SSSR count). The van der Waals surface area contributed by atoms with Crippen molar-refractivity contribution in [1.29, 1.82) is 0 Å². The van der Waals surface area contributed by atoms with Gasteiger partial charge in [-0.2, -0.15) is 5.10 Å². The number of hydrogen-bond donors (Lipinski definition) is 2. The molecule has 1 atom stereocenters. The largest absolute Gasteiger partial charge is 0.343 e. The zero-order chi connectivity index (χ0) is 33.2. The van der Waals surface area contributed by atoms with Crippen LogP contribution in [0.2, 0.25) is 0 Å². The first kappa shape index (κ1) is 32.6. The predicted octanol–water partition coefficient (Wildman–Crippen LogP) is 5.08. The van der Waals surface area contributed by atoms with Crippen LogP contribution in [0.3, 0.4) is 0 Å². The minimum Gasteiger partial charge on any atom is -0.343 e. The molecule has 10 heteroatoms. The number of hydrogen-bond acceptors (Lipinski definition) is 5. The quantitative estimate of drug-likeness (QED) is 0.370. The van der Waals surface area contributed by atoms with Crippen LogP contribution in [0.1, 0.15) is 61.6 Å². The molecule has 4 aliphatic rings. The number of nitrogens with zero attached hydrogens (tertiary/aromatic N) is 5. The minimum atomic E-state index is -0.409. The van der Waals surface area contributed by atoms with Gasteiger partial charge in [0.05, 0.1) is 17.6 Å². The van der Waals surface area contributed by atoms with Gasteiger partial charge in [0.2, 0.25) is 11.8 Å². The van der Waals surface area contributed by atoms with Crippen LogP contribution in [-0.2, 0) is 22.4 Å². The molecule has 0 bridgehead atoms. The van der Waals surface area contributed by atoms with E-state index in [2.05, 4.69) is 57.5 Å². The van der Waals surface area contributed by atoms with Gasteiger partial charge < -0.3 is 24.9 Å². The zero-order valence-electron chi connectivity index (χ0n) is 28.6. The Morgan fingerprint density at radius 3 is 2.33 bits per heavy atom. The lowest BCUT2D eigenvalue weighted by molar-refractivity contribution is -0.143. The summed E-state index contributed by atoms with van der Waals surface area (Å²) in [5.41, 5.74) is 5.23. The number of carbonyl (C=O) groups is 3. The second kappa shape index (κ2) is 14.3. The number of urea groups is 1. The Bertz CT molecular complexity index is 1610. The summed E-state index contributed by atoms with van der Waals surface area (Å²) in [4.78, 5) is 49.6. The lowest BCUT2D eigenvalue weighted by Crippen LogP contribution is -2.50. The predicted molar refractivity (Wildman–Crippen MR) is 188 cm³/mol. The molecule has 48 heavy (non-hydrogen) atoms. The summed E-state index contributed by atoms with van der Waals surface area (Å²) in [7, 11) is 2.21. The van der Waals surface area contributed by atoms with E-state index in [0.29, 0.717) is 32.0 Å². The van der Waals surface area contributed by atoms with Crippen molar-refractivity contribution in [3.8, 4) is 0 Å². The van der Waals surface area contributed by atoms with Crippen molar-refractivity contribution in [2.75, 3.05) is 58.2 Å². The average Bonchev–Trinajstić information content (AvgIpc) is 3.52. The first-order valence-corrected chi connectivity index (χ1v) is 18.2. The summed E-state index contributed by atoms with van der Waals surface area (Å²) in [6.45, 7) is 7.85. The Balaban J connectivity index is 0.996. The highest BCUT2D eigenvalue weighted by molar-refractivity contribution is 5.91. The summed E-state index contributed by atoms with van der Waals surface area (Å²) in [6, 6.07) is 12.3. The van der Waals surface area contributed by atoms with Crippen molar-refractivity contribution in [2.45, 2.75) is 70.8 Å². The number of nitrogens with one attached hydrogen (secondary N) is 2. The molecule has 1 aromatic heterocycles. The molecular formula is C38H51N7O3. The van der Waals surface area contributed by atoms with Crippen molar-refractivity contribution in [3.05, 3.63) is 59.3 Å². The lowest BCUT2D eigenvalue weighted by Gasteiger charge is -2.40. The van der Waals surface area contributed by atoms with Gasteiger partial charge in [0, 0.05) is 56.3 Å². The maximum absolute atomic E-state index is 14.2. The molecule has 2 N–H and O–H groups in total. The van der Waals surface area contributed by atoms with Gasteiger partial charge in [-0.15, -0.1) is 0 Å². The zero-order valence-corrected chi connectivity index (χ0v) is 28.6. The number of piperidine rings is 3. The highest BCUT2D eigenvalue weighted by Crippen LogP contribution is 2.33.